The van der Waals surface area contributed by atoms with Crippen molar-refractivity contribution >= 4 is 34.2 Å². The molecule has 0 N–H and O–H groups in total. The summed E-state index contributed by atoms with van der Waals surface area (Å²) in [5.74, 6) is 0.253. The van der Waals surface area contributed by atoms with Gasteiger partial charge in [0.25, 0.3) is 5.91 Å². The highest BCUT2D eigenvalue weighted by atomic mass is 127. The fourth-order valence-corrected chi connectivity index (χ4v) is 3.99. The van der Waals surface area contributed by atoms with E-state index in [0.717, 1.165) is 47.8 Å². The van der Waals surface area contributed by atoms with Crippen molar-refractivity contribution in [3.63, 3.8) is 0 Å². The lowest BCUT2D eigenvalue weighted by Crippen LogP contribution is -2.46. The van der Waals surface area contributed by atoms with Gasteiger partial charge in [0, 0.05) is 21.7 Å². The van der Waals surface area contributed by atoms with E-state index in [0.29, 0.717) is 6.04 Å². The van der Waals surface area contributed by atoms with E-state index >= 15 is 0 Å². The zero-order valence-corrected chi connectivity index (χ0v) is 16.5. The minimum absolute atomic E-state index is 0.253. The van der Waals surface area contributed by atoms with Gasteiger partial charge in [-0.15, -0.1) is 0 Å². The van der Waals surface area contributed by atoms with Gasteiger partial charge >= 0.3 is 0 Å². The standard InChI is InChI=1S/C20H28INO/c1-3-5-10-16-14-18(15-21)22(17-11-8-7-9-12-17)20(23)19(16)13-6-4-2/h7-9,11-12,18H,3-6,10,13-15H2,1-2H3. The summed E-state index contributed by atoms with van der Waals surface area (Å²) in [6, 6.07) is 10.5. The van der Waals surface area contributed by atoms with Gasteiger partial charge in [-0.05, 0) is 44.2 Å². The lowest BCUT2D eigenvalue weighted by atomic mass is 9.88. The molecule has 0 radical (unpaired) electrons. The number of carbonyl (C=O) groups is 1. The van der Waals surface area contributed by atoms with E-state index in [1.54, 1.807) is 0 Å². The van der Waals surface area contributed by atoms with Gasteiger partial charge in [0.05, 0.1) is 0 Å². The van der Waals surface area contributed by atoms with Crippen LogP contribution >= 0.6 is 22.6 Å². The lowest BCUT2D eigenvalue weighted by molar-refractivity contribution is -0.116. The smallest absolute Gasteiger partial charge is 0.254 e. The molecule has 2 nitrogen and oxygen atoms in total. The highest BCUT2D eigenvalue weighted by molar-refractivity contribution is 14.1. The first-order valence-corrected chi connectivity index (χ1v) is 10.4. The number of benzene rings is 1. The summed E-state index contributed by atoms with van der Waals surface area (Å²) < 4.78 is 0.981. The van der Waals surface area contributed by atoms with Gasteiger partial charge in [0.15, 0.2) is 0 Å². The highest BCUT2D eigenvalue weighted by Crippen LogP contribution is 2.34. The number of unbranched alkanes of at least 4 members (excludes halogenated alkanes) is 2. The van der Waals surface area contributed by atoms with E-state index in [-0.39, 0.29) is 5.91 Å². The predicted octanol–water partition coefficient (Wildman–Crippen LogP) is 5.90. The molecule has 2 rings (SSSR count). The Kier molecular flexibility index (Phi) is 7.60. The van der Waals surface area contributed by atoms with E-state index in [2.05, 4.69) is 48.6 Å². The molecule has 0 aromatic heterocycles. The number of anilines is 1. The first kappa shape index (κ1) is 18.5. The van der Waals surface area contributed by atoms with Crippen molar-refractivity contribution in [1.29, 1.82) is 0 Å². The zero-order chi connectivity index (χ0) is 16.7. The van der Waals surface area contributed by atoms with Crippen LogP contribution in [0, 0.1) is 0 Å². The molecule has 3 heteroatoms. The summed E-state index contributed by atoms with van der Waals surface area (Å²) >= 11 is 2.43. The number of alkyl halides is 1. The van der Waals surface area contributed by atoms with Gasteiger partial charge in [-0.2, -0.15) is 0 Å². The molecule has 23 heavy (non-hydrogen) atoms. The molecule has 1 aliphatic rings. The molecule has 0 saturated carbocycles. The minimum Gasteiger partial charge on any atom is -0.304 e. The largest absolute Gasteiger partial charge is 0.304 e. The molecule has 0 bridgehead atoms. The maximum Gasteiger partial charge on any atom is 0.254 e. The summed E-state index contributed by atoms with van der Waals surface area (Å²) in [4.78, 5) is 15.3. The Morgan fingerprint density at radius 3 is 2.35 bits per heavy atom. The molecule has 0 spiro atoms. The number of carbonyl (C=O) groups excluding carboxylic acids is 1. The van der Waals surface area contributed by atoms with Crippen LogP contribution < -0.4 is 4.90 Å². The normalized spacial score (nSPS) is 18.7. The van der Waals surface area contributed by atoms with Crippen LogP contribution in [0.2, 0.25) is 0 Å². The second-order valence-corrected chi connectivity index (χ2v) is 7.19. The lowest BCUT2D eigenvalue weighted by Gasteiger charge is -2.37. The van der Waals surface area contributed by atoms with Crippen molar-refractivity contribution in [2.24, 2.45) is 0 Å². The predicted molar refractivity (Wildman–Crippen MR) is 107 cm³/mol. The average Bonchev–Trinajstić information content (AvgIpc) is 2.59. The third kappa shape index (κ3) is 4.59. The van der Waals surface area contributed by atoms with Crippen molar-refractivity contribution < 1.29 is 4.79 Å². The van der Waals surface area contributed by atoms with Crippen molar-refractivity contribution in [2.45, 2.75) is 64.8 Å². The van der Waals surface area contributed by atoms with E-state index in [4.69, 9.17) is 0 Å². The Balaban J connectivity index is 2.35. The van der Waals surface area contributed by atoms with Gasteiger partial charge in [0.2, 0.25) is 0 Å². The number of amides is 1. The van der Waals surface area contributed by atoms with Crippen LogP contribution in [0.15, 0.2) is 41.5 Å². The van der Waals surface area contributed by atoms with E-state index in [1.165, 1.54) is 18.4 Å². The summed E-state index contributed by atoms with van der Waals surface area (Å²) in [5.41, 5.74) is 3.58. The highest BCUT2D eigenvalue weighted by Gasteiger charge is 2.33. The third-order valence-electron chi connectivity index (χ3n) is 4.58. The fraction of sp³-hybridized carbons (Fsp3) is 0.550. The molecule has 1 atom stereocenters. The monoisotopic (exact) mass is 425 g/mol. The van der Waals surface area contributed by atoms with Crippen molar-refractivity contribution in [1.82, 2.24) is 0 Å². The molecular formula is C20H28INO. The Morgan fingerprint density at radius 1 is 1.09 bits per heavy atom. The third-order valence-corrected chi connectivity index (χ3v) is 5.59. The summed E-state index contributed by atoms with van der Waals surface area (Å²) in [6.07, 6.45) is 7.70. The number of nitrogens with zero attached hydrogens (tertiary/aromatic N) is 1. The Bertz CT molecular complexity index is 538. The van der Waals surface area contributed by atoms with Crippen LogP contribution in [0.4, 0.5) is 5.69 Å². The first-order chi connectivity index (χ1) is 11.2. The van der Waals surface area contributed by atoms with Gasteiger partial charge < -0.3 is 4.90 Å². The average molecular weight is 425 g/mol. The Labute approximate surface area is 154 Å². The Hall–Kier alpha value is -0.840. The van der Waals surface area contributed by atoms with Gasteiger partial charge in [-0.3, -0.25) is 4.79 Å². The summed E-state index contributed by atoms with van der Waals surface area (Å²) in [7, 11) is 0. The number of hydrogen-bond donors (Lipinski definition) is 0. The minimum atomic E-state index is 0.253. The van der Waals surface area contributed by atoms with Crippen LogP contribution in [-0.4, -0.2) is 16.4 Å². The second kappa shape index (κ2) is 9.45. The maximum absolute atomic E-state index is 13.2. The fourth-order valence-electron chi connectivity index (χ4n) is 3.28. The number of halogens is 1. The molecule has 1 aliphatic heterocycles. The van der Waals surface area contributed by atoms with E-state index < -0.39 is 0 Å². The molecule has 0 fully saturated rings. The number of para-hydroxylation sites is 1. The van der Waals surface area contributed by atoms with Gasteiger partial charge in [0.1, 0.15) is 0 Å². The quantitative estimate of drug-likeness (QED) is 0.375. The van der Waals surface area contributed by atoms with E-state index in [9.17, 15) is 4.79 Å². The van der Waals surface area contributed by atoms with Gasteiger partial charge in [-0.25, -0.2) is 0 Å². The second-order valence-electron chi connectivity index (χ2n) is 6.31. The van der Waals surface area contributed by atoms with Crippen LogP contribution in [0.5, 0.6) is 0 Å². The van der Waals surface area contributed by atoms with Crippen LogP contribution in [0.1, 0.15) is 58.8 Å². The molecule has 1 unspecified atom stereocenters. The van der Waals surface area contributed by atoms with Crippen molar-refractivity contribution in [2.75, 3.05) is 9.33 Å². The molecule has 1 heterocycles. The van der Waals surface area contributed by atoms with Crippen molar-refractivity contribution in [3.8, 4) is 0 Å². The number of hydrogen-bond acceptors (Lipinski definition) is 1. The van der Waals surface area contributed by atoms with Gasteiger partial charge in [-0.1, -0.05) is 73.1 Å². The molecule has 0 aliphatic carbocycles. The molecular weight excluding hydrogens is 397 g/mol. The topological polar surface area (TPSA) is 20.3 Å². The molecule has 1 aromatic carbocycles. The Morgan fingerprint density at radius 2 is 1.74 bits per heavy atom. The zero-order valence-electron chi connectivity index (χ0n) is 14.4. The maximum atomic E-state index is 13.2. The van der Waals surface area contributed by atoms with Crippen LogP contribution in [0.25, 0.3) is 0 Å². The van der Waals surface area contributed by atoms with E-state index in [1.807, 2.05) is 23.1 Å². The molecule has 1 aromatic rings. The summed E-state index contributed by atoms with van der Waals surface area (Å²) in [6.45, 7) is 4.42. The molecule has 0 saturated heterocycles. The molecule has 126 valence electrons. The van der Waals surface area contributed by atoms with Crippen LogP contribution in [0.3, 0.4) is 0 Å². The summed E-state index contributed by atoms with van der Waals surface area (Å²) in [5, 5.41) is 0. The molecule has 1 amide bonds. The van der Waals surface area contributed by atoms with Crippen molar-refractivity contribution in [3.05, 3.63) is 41.5 Å². The van der Waals surface area contributed by atoms with Crippen LogP contribution in [-0.2, 0) is 4.79 Å². The first-order valence-electron chi connectivity index (χ1n) is 8.88. The number of rotatable bonds is 8. The SMILES string of the molecule is CCCCC1=C(CCCC)C(=O)N(c2ccccc2)C(CI)C1.